The zero-order chi connectivity index (χ0) is 15.1. The Morgan fingerprint density at radius 1 is 1.33 bits per heavy atom. The third-order valence-electron chi connectivity index (χ3n) is 3.64. The van der Waals surface area contributed by atoms with E-state index in [9.17, 15) is 0 Å². The van der Waals surface area contributed by atoms with Gasteiger partial charge in [-0.1, -0.05) is 13.3 Å². The molecule has 0 saturated carbocycles. The van der Waals surface area contributed by atoms with Crippen LogP contribution in [0.1, 0.15) is 39.5 Å². The van der Waals surface area contributed by atoms with Gasteiger partial charge in [0.1, 0.15) is 5.82 Å². The molecule has 1 aliphatic rings. The summed E-state index contributed by atoms with van der Waals surface area (Å²) in [6.45, 7) is 8.74. The maximum Gasteiger partial charge on any atom is 0.224 e. The summed E-state index contributed by atoms with van der Waals surface area (Å²) >= 11 is 3.52. The van der Waals surface area contributed by atoms with Gasteiger partial charge < -0.3 is 15.5 Å². The number of nitrogens with zero attached hydrogens (tertiary/aromatic N) is 3. The van der Waals surface area contributed by atoms with Crippen LogP contribution >= 0.6 is 15.9 Å². The first-order chi connectivity index (χ1) is 10.2. The number of rotatable bonds is 7. The Balaban J connectivity index is 1.90. The van der Waals surface area contributed by atoms with Gasteiger partial charge in [0, 0.05) is 25.3 Å². The smallest absolute Gasteiger partial charge is 0.224 e. The first-order valence-electron chi connectivity index (χ1n) is 7.94. The molecule has 1 saturated heterocycles. The Kier molecular flexibility index (Phi) is 6.70. The van der Waals surface area contributed by atoms with E-state index in [0.717, 1.165) is 29.8 Å². The Bertz CT molecular complexity index is 434. The van der Waals surface area contributed by atoms with Crippen molar-refractivity contribution in [2.45, 2.75) is 45.6 Å². The maximum absolute atomic E-state index is 4.54. The topological polar surface area (TPSA) is 53.1 Å². The number of likely N-dealkylation sites (tertiary alicyclic amines) is 1. The molecule has 2 N–H and O–H groups in total. The highest BCUT2D eigenvalue weighted by molar-refractivity contribution is 9.10. The van der Waals surface area contributed by atoms with E-state index in [0.29, 0.717) is 12.0 Å². The highest BCUT2D eigenvalue weighted by Gasteiger charge is 2.15. The van der Waals surface area contributed by atoms with Gasteiger partial charge >= 0.3 is 0 Å². The van der Waals surface area contributed by atoms with E-state index >= 15 is 0 Å². The van der Waals surface area contributed by atoms with E-state index in [1.807, 2.05) is 0 Å². The van der Waals surface area contributed by atoms with Gasteiger partial charge in [0.2, 0.25) is 5.95 Å². The van der Waals surface area contributed by atoms with Crippen LogP contribution in [-0.2, 0) is 0 Å². The lowest BCUT2D eigenvalue weighted by molar-refractivity contribution is 0.223. The SMILES string of the molecule is CCCNc1ncc(Br)c(NC(C)CN2CCCCC2)n1. The molecule has 1 unspecified atom stereocenters. The van der Waals surface area contributed by atoms with Crippen molar-refractivity contribution in [3.05, 3.63) is 10.7 Å². The summed E-state index contributed by atoms with van der Waals surface area (Å²) in [6.07, 6.45) is 6.90. The van der Waals surface area contributed by atoms with Crippen molar-refractivity contribution in [2.24, 2.45) is 0 Å². The standard InChI is InChI=1S/C15H26BrN5/c1-3-7-17-15-18-10-13(16)14(20-15)19-12(2)11-21-8-5-4-6-9-21/h10,12H,3-9,11H2,1-2H3,(H2,17,18,19,20). The van der Waals surface area contributed by atoms with Crippen LogP contribution in [0.3, 0.4) is 0 Å². The molecule has 0 radical (unpaired) electrons. The first kappa shape index (κ1) is 16.5. The van der Waals surface area contributed by atoms with Crippen molar-refractivity contribution >= 4 is 27.7 Å². The molecule has 1 atom stereocenters. The molecule has 0 amide bonds. The molecule has 1 aliphatic heterocycles. The van der Waals surface area contributed by atoms with Gasteiger partial charge in [-0.05, 0) is 55.2 Å². The lowest BCUT2D eigenvalue weighted by atomic mass is 10.1. The molecule has 6 heteroatoms. The Labute approximate surface area is 136 Å². The van der Waals surface area contributed by atoms with E-state index in [1.54, 1.807) is 6.20 Å². The van der Waals surface area contributed by atoms with Crippen molar-refractivity contribution in [1.82, 2.24) is 14.9 Å². The van der Waals surface area contributed by atoms with Crippen molar-refractivity contribution in [3.63, 3.8) is 0 Å². The zero-order valence-corrected chi connectivity index (χ0v) is 14.6. The molecule has 5 nitrogen and oxygen atoms in total. The van der Waals surface area contributed by atoms with Crippen molar-refractivity contribution in [3.8, 4) is 0 Å². The fraction of sp³-hybridized carbons (Fsp3) is 0.733. The molecule has 1 aromatic heterocycles. The van der Waals surface area contributed by atoms with Crippen LogP contribution in [0.25, 0.3) is 0 Å². The van der Waals surface area contributed by atoms with E-state index in [2.05, 4.69) is 55.3 Å². The fourth-order valence-electron chi connectivity index (χ4n) is 2.60. The van der Waals surface area contributed by atoms with E-state index in [1.165, 1.54) is 32.4 Å². The predicted octanol–water partition coefficient (Wildman–Crippen LogP) is 3.35. The number of aromatic nitrogens is 2. The van der Waals surface area contributed by atoms with Crippen molar-refractivity contribution < 1.29 is 0 Å². The molecule has 0 aromatic carbocycles. The zero-order valence-electron chi connectivity index (χ0n) is 13.0. The minimum Gasteiger partial charge on any atom is -0.365 e. The Morgan fingerprint density at radius 3 is 2.81 bits per heavy atom. The molecule has 0 bridgehead atoms. The minimum atomic E-state index is 0.369. The highest BCUT2D eigenvalue weighted by atomic mass is 79.9. The molecule has 1 aromatic rings. The Morgan fingerprint density at radius 2 is 2.10 bits per heavy atom. The van der Waals surface area contributed by atoms with Crippen molar-refractivity contribution in [1.29, 1.82) is 0 Å². The summed E-state index contributed by atoms with van der Waals surface area (Å²) in [4.78, 5) is 11.4. The van der Waals surface area contributed by atoms with Crippen LogP contribution in [-0.4, -0.2) is 47.1 Å². The molecule has 118 valence electrons. The number of nitrogens with one attached hydrogen (secondary N) is 2. The monoisotopic (exact) mass is 355 g/mol. The number of piperidine rings is 1. The average molecular weight is 356 g/mol. The van der Waals surface area contributed by atoms with Crippen LogP contribution < -0.4 is 10.6 Å². The molecule has 2 rings (SSSR count). The highest BCUT2D eigenvalue weighted by Crippen LogP contribution is 2.21. The van der Waals surface area contributed by atoms with E-state index in [-0.39, 0.29) is 0 Å². The van der Waals surface area contributed by atoms with Gasteiger partial charge in [-0.3, -0.25) is 0 Å². The van der Waals surface area contributed by atoms with Crippen LogP contribution in [0.5, 0.6) is 0 Å². The van der Waals surface area contributed by atoms with E-state index in [4.69, 9.17) is 0 Å². The minimum absolute atomic E-state index is 0.369. The average Bonchev–Trinajstić information content (AvgIpc) is 2.49. The Hall–Kier alpha value is -0.880. The summed E-state index contributed by atoms with van der Waals surface area (Å²) in [5, 5.41) is 6.72. The molecule has 2 heterocycles. The van der Waals surface area contributed by atoms with Crippen LogP contribution in [0.4, 0.5) is 11.8 Å². The predicted molar refractivity (Wildman–Crippen MR) is 91.9 cm³/mol. The second-order valence-electron chi connectivity index (χ2n) is 5.72. The van der Waals surface area contributed by atoms with E-state index < -0.39 is 0 Å². The third kappa shape index (κ3) is 5.43. The summed E-state index contributed by atoms with van der Waals surface area (Å²) in [6, 6.07) is 0.369. The lowest BCUT2D eigenvalue weighted by Crippen LogP contribution is -2.38. The quantitative estimate of drug-likeness (QED) is 0.785. The number of hydrogen-bond acceptors (Lipinski definition) is 5. The largest absolute Gasteiger partial charge is 0.365 e. The number of halogens is 1. The molecule has 21 heavy (non-hydrogen) atoms. The fourth-order valence-corrected chi connectivity index (χ4v) is 2.90. The van der Waals surface area contributed by atoms with Crippen LogP contribution in [0, 0.1) is 0 Å². The summed E-state index contributed by atoms with van der Waals surface area (Å²) in [5.41, 5.74) is 0. The third-order valence-corrected chi connectivity index (χ3v) is 4.22. The van der Waals surface area contributed by atoms with Crippen LogP contribution in [0.15, 0.2) is 10.7 Å². The molecule has 0 spiro atoms. The second kappa shape index (κ2) is 8.54. The summed E-state index contributed by atoms with van der Waals surface area (Å²) < 4.78 is 0.912. The normalized spacial score (nSPS) is 17.5. The number of anilines is 2. The molecule has 1 fully saturated rings. The summed E-state index contributed by atoms with van der Waals surface area (Å²) in [7, 11) is 0. The van der Waals surface area contributed by atoms with Gasteiger partial charge in [0.05, 0.1) is 4.47 Å². The maximum atomic E-state index is 4.54. The van der Waals surface area contributed by atoms with Gasteiger partial charge in [0.15, 0.2) is 0 Å². The molecular formula is C15H26BrN5. The second-order valence-corrected chi connectivity index (χ2v) is 6.58. The van der Waals surface area contributed by atoms with Gasteiger partial charge in [-0.15, -0.1) is 0 Å². The summed E-state index contributed by atoms with van der Waals surface area (Å²) in [5.74, 6) is 1.56. The number of hydrogen-bond donors (Lipinski definition) is 2. The van der Waals surface area contributed by atoms with Gasteiger partial charge in [0.25, 0.3) is 0 Å². The molecular weight excluding hydrogens is 330 g/mol. The van der Waals surface area contributed by atoms with Gasteiger partial charge in [-0.25, -0.2) is 4.98 Å². The molecule has 0 aliphatic carbocycles. The first-order valence-corrected chi connectivity index (χ1v) is 8.73. The lowest BCUT2D eigenvalue weighted by Gasteiger charge is -2.29. The van der Waals surface area contributed by atoms with Crippen molar-refractivity contribution in [2.75, 3.05) is 36.8 Å². The van der Waals surface area contributed by atoms with Gasteiger partial charge in [-0.2, -0.15) is 4.98 Å². The van der Waals surface area contributed by atoms with Crippen LogP contribution in [0.2, 0.25) is 0 Å².